The van der Waals surface area contributed by atoms with E-state index in [9.17, 15) is 9.59 Å². The summed E-state index contributed by atoms with van der Waals surface area (Å²) in [6, 6.07) is 13.7. The molecule has 96 valence electrons. The highest BCUT2D eigenvalue weighted by Gasteiger charge is 2.06. The van der Waals surface area contributed by atoms with Gasteiger partial charge >= 0.3 is 0 Å². The van der Waals surface area contributed by atoms with Crippen molar-refractivity contribution in [3.05, 3.63) is 63.2 Å². The Bertz CT molecular complexity index is 624. The first-order valence-corrected chi connectivity index (χ1v) is 6.61. The second-order valence-corrected chi connectivity index (χ2v) is 5.15. The zero-order valence-electron chi connectivity index (χ0n) is 9.89. The maximum Gasteiger partial charge on any atom is 0.255 e. The third kappa shape index (κ3) is 3.54. The van der Waals surface area contributed by atoms with E-state index in [1.165, 1.54) is 0 Å². The number of rotatable bonds is 3. The van der Waals surface area contributed by atoms with E-state index in [0.29, 0.717) is 16.8 Å². The summed E-state index contributed by atoms with van der Waals surface area (Å²) in [5, 5.41) is 2.76. The molecule has 0 radical (unpaired) electrons. The van der Waals surface area contributed by atoms with E-state index in [0.717, 1.165) is 3.57 Å². The van der Waals surface area contributed by atoms with Gasteiger partial charge in [0, 0.05) is 20.4 Å². The Balaban J connectivity index is 2.13. The quantitative estimate of drug-likeness (QED) is 0.820. The number of carbonyl (C=O) groups is 2. The van der Waals surface area contributed by atoms with E-state index < -0.39 is 5.91 Å². The van der Waals surface area contributed by atoms with Crippen LogP contribution >= 0.6 is 22.6 Å². The lowest BCUT2D eigenvalue weighted by atomic mass is 10.2. The Labute approximate surface area is 124 Å². The van der Waals surface area contributed by atoms with E-state index in [1.807, 2.05) is 12.1 Å². The number of benzene rings is 2. The van der Waals surface area contributed by atoms with Crippen LogP contribution in [0.2, 0.25) is 0 Å². The number of amides is 2. The average Bonchev–Trinajstić information content (AvgIpc) is 2.39. The number of hydrogen-bond acceptors (Lipinski definition) is 2. The fourth-order valence-electron chi connectivity index (χ4n) is 1.55. The van der Waals surface area contributed by atoms with Gasteiger partial charge in [-0.25, -0.2) is 0 Å². The fraction of sp³-hybridized carbons (Fsp3) is 0. The molecule has 0 unspecified atom stereocenters. The van der Waals surface area contributed by atoms with E-state index in [-0.39, 0.29) is 5.91 Å². The number of carbonyl (C=O) groups excluding carboxylic acids is 2. The fourth-order valence-corrected chi connectivity index (χ4v) is 2.09. The molecular formula is C14H11IN2O2. The van der Waals surface area contributed by atoms with Crippen molar-refractivity contribution in [2.75, 3.05) is 5.32 Å². The molecule has 0 atom stereocenters. The molecule has 0 fully saturated rings. The van der Waals surface area contributed by atoms with Crippen molar-refractivity contribution in [3.63, 3.8) is 0 Å². The van der Waals surface area contributed by atoms with E-state index in [4.69, 9.17) is 5.73 Å². The number of primary amides is 1. The van der Waals surface area contributed by atoms with Gasteiger partial charge in [-0.1, -0.05) is 6.07 Å². The first-order valence-electron chi connectivity index (χ1n) is 5.53. The molecule has 0 aliphatic heterocycles. The third-order valence-electron chi connectivity index (χ3n) is 2.51. The van der Waals surface area contributed by atoms with Gasteiger partial charge in [0.1, 0.15) is 0 Å². The molecule has 0 bridgehead atoms. The smallest absolute Gasteiger partial charge is 0.255 e. The molecule has 2 rings (SSSR count). The summed E-state index contributed by atoms with van der Waals surface area (Å²) < 4.78 is 0.995. The molecule has 19 heavy (non-hydrogen) atoms. The molecule has 2 aromatic rings. The maximum atomic E-state index is 12.0. The Kier molecular flexibility index (Phi) is 4.16. The van der Waals surface area contributed by atoms with Gasteiger partial charge in [0.25, 0.3) is 5.91 Å². The minimum Gasteiger partial charge on any atom is -0.366 e. The Morgan fingerprint density at radius 1 is 1.00 bits per heavy atom. The van der Waals surface area contributed by atoms with Gasteiger partial charge in [-0.3, -0.25) is 9.59 Å². The third-order valence-corrected chi connectivity index (χ3v) is 3.19. The van der Waals surface area contributed by atoms with Crippen molar-refractivity contribution in [2.24, 2.45) is 5.73 Å². The van der Waals surface area contributed by atoms with Gasteiger partial charge < -0.3 is 11.1 Å². The van der Waals surface area contributed by atoms with Crippen molar-refractivity contribution in [2.45, 2.75) is 0 Å². The van der Waals surface area contributed by atoms with Crippen LogP contribution in [0.1, 0.15) is 20.7 Å². The van der Waals surface area contributed by atoms with Crippen molar-refractivity contribution in [1.82, 2.24) is 0 Å². The Hall–Kier alpha value is -1.89. The van der Waals surface area contributed by atoms with Gasteiger partial charge in [0.2, 0.25) is 5.91 Å². The molecule has 0 spiro atoms. The summed E-state index contributed by atoms with van der Waals surface area (Å²) in [4.78, 5) is 22.9. The highest BCUT2D eigenvalue weighted by Crippen LogP contribution is 2.13. The van der Waals surface area contributed by atoms with Crippen molar-refractivity contribution in [1.29, 1.82) is 0 Å². The molecule has 2 amide bonds. The number of anilines is 1. The normalized spacial score (nSPS) is 9.95. The SMILES string of the molecule is NC(=O)c1ccc(NC(=O)c2cccc(I)c2)cc1. The van der Waals surface area contributed by atoms with Crippen LogP contribution in [0.5, 0.6) is 0 Å². The number of nitrogens with two attached hydrogens (primary N) is 1. The minimum atomic E-state index is -0.490. The maximum absolute atomic E-state index is 12.0. The highest BCUT2D eigenvalue weighted by atomic mass is 127. The summed E-state index contributed by atoms with van der Waals surface area (Å²) >= 11 is 2.15. The lowest BCUT2D eigenvalue weighted by Gasteiger charge is -2.06. The van der Waals surface area contributed by atoms with Gasteiger partial charge in [-0.05, 0) is 65.1 Å². The molecule has 0 saturated heterocycles. The zero-order valence-corrected chi connectivity index (χ0v) is 12.0. The summed E-state index contributed by atoms with van der Waals surface area (Å²) in [6.07, 6.45) is 0. The van der Waals surface area contributed by atoms with Crippen molar-refractivity contribution >= 4 is 40.1 Å². The standard InChI is InChI=1S/C14H11IN2O2/c15-11-3-1-2-10(8-11)14(19)17-12-6-4-9(5-7-12)13(16)18/h1-8H,(H2,16,18)(H,17,19). The second-order valence-electron chi connectivity index (χ2n) is 3.91. The van der Waals surface area contributed by atoms with Crippen LogP contribution in [0.25, 0.3) is 0 Å². The average molecular weight is 366 g/mol. The first kappa shape index (κ1) is 13.5. The molecule has 5 heteroatoms. The predicted molar refractivity (Wildman–Crippen MR) is 82.1 cm³/mol. The minimum absolute atomic E-state index is 0.189. The van der Waals surface area contributed by atoms with Gasteiger partial charge in [0.15, 0.2) is 0 Å². The molecule has 2 aromatic carbocycles. The monoisotopic (exact) mass is 366 g/mol. The van der Waals surface area contributed by atoms with Crippen LogP contribution in [0.15, 0.2) is 48.5 Å². The van der Waals surface area contributed by atoms with Crippen LogP contribution in [0.3, 0.4) is 0 Å². The van der Waals surface area contributed by atoms with Crippen molar-refractivity contribution < 1.29 is 9.59 Å². The molecule has 3 N–H and O–H groups in total. The van der Waals surface area contributed by atoms with E-state index in [2.05, 4.69) is 27.9 Å². The van der Waals surface area contributed by atoms with Crippen LogP contribution in [0.4, 0.5) is 5.69 Å². The largest absolute Gasteiger partial charge is 0.366 e. The molecule has 4 nitrogen and oxygen atoms in total. The van der Waals surface area contributed by atoms with Crippen LogP contribution in [0, 0.1) is 3.57 Å². The summed E-state index contributed by atoms with van der Waals surface area (Å²) in [7, 11) is 0. The summed E-state index contributed by atoms with van der Waals surface area (Å²) in [6.45, 7) is 0. The van der Waals surface area contributed by atoms with Crippen molar-refractivity contribution in [3.8, 4) is 0 Å². The lowest BCUT2D eigenvalue weighted by molar-refractivity contribution is 0.0998. The first-order chi connectivity index (χ1) is 9.06. The van der Waals surface area contributed by atoms with Gasteiger partial charge in [0.05, 0.1) is 0 Å². The molecular weight excluding hydrogens is 355 g/mol. The Morgan fingerprint density at radius 3 is 2.26 bits per heavy atom. The number of nitrogens with one attached hydrogen (secondary N) is 1. The topological polar surface area (TPSA) is 72.2 Å². The lowest BCUT2D eigenvalue weighted by Crippen LogP contribution is -2.13. The van der Waals surface area contributed by atoms with Crippen LogP contribution in [-0.2, 0) is 0 Å². The van der Waals surface area contributed by atoms with E-state index >= 15 is 0 Å². The summed E-state index contributed by atoms with van der Waals surface area (Å²) in [5.74, 6) is -0.680. The van der Waals surface area contributed by atoms with Crippen LogP contribution in [-0.4, -0.2) is 11.8 Å². The van der Waals surface area contributed by atoms with Gasteiger partial charge in [-0.2, -0.15) is 0 Å². The zero-order chi connectivity index (χ0) is 13.8. The molecule has 0 saturated carbocycles. The highest BCUT2D eigenvalue weighted by molar-refractivity contribution is 14.1. The molecule has 0 aromatic heterocycles. The van der Waals surface area contributed by atoms with Gasteiger partial charge in [-0.15, -0.1) is 0 Å². The number of hydrogen-bond donors (Lipinski definition) is 2. The van der Waals surface area contributed by atoms with Crippen LogP contribution < -0.4 is 11.1 Å². The molecule has 0 aliphatic rings. The Morgan fingerprint density at radius 2 is 1.68 bits per heavy atom. The van der Waals surface area contributed by atoms with E-state index in [1.54, 1.807) is 36.4 Å². The predicted octanol–water partition coefficient (Wildman–Crippen LogP) is 2.64. The summed E-state index contributed by atoms with van der Waals surface area (Å²) in [5.41, 5.74) is 6.76. The molecule has 0 aliphatic carbocycles. The second kappa shape index (κ2) is 5.83. The number of halogens is 1. The molecule has 0 heterocycles.